The number of nitrogens with zero attached hydrogens (tertiary/aromatic N) is 1. The molecule has 2 N–H and O–H groups in total. The van der Waals surface area contributed by atoms with Gasteiger partial charge >= 0.3 is 0 Å². The zero-order valence-electron chi connectivity index (χ0n) is 10.5. The Labute approximate surface area is 98.4 Å². The van der Waals surface area contributed by atoms with Gasteiger partial charge in [-0.25, -0.2) is 0 Å². The van der Waals surface area contributed by atoms with Gasteiger partial charge in [0.1, 0.15) is 0 Å². The fourth-order valence-electron chi connectivity index (χ4n) is 2.79. The summed E-state index contributed by atoms with van der Waals surface area (Å²) in [6.45, 7) is 9.05. The molecule has 0 aliphatic carbocycles. The third-order valence-corrected chi connectivity index (χ3v) is 3.40. The van der Waals surface area contributed by atoms with E-state index in [-0.39, 0.29) is 0 Å². The van der Waals surface area contributed by atoms with Crippen LogP contribution in [0.25, 0.3) is 0 Å². The van der Waals surface area contributed by atoms with E-state index in [0.29, 0.717) is 0 Å². The Kier molecular flexibility index (Phi) is 3.08. The van der Waals surface area contributed by atoms with E-state index in [9.17, 15) is 0 Å². The molecule has 1 aliphatic rings. The molecule has 2 unspecified atom stereocenters. The highest BCUT2D eigenvalue weighted by molar-refractivity contribution is 5.68. The van der Waals surface area contributed by atoms with E-state index in [1.165, 1.54) is 17.7 Å². The van der Waals surface area contributed by atoms with E-state index >= 15 is 0 Å². The topological polar surface area (TPSA) is 29.3 Å². The summed E-state index contributed by atoms with van der Waals surface area (Å²) >= 11 is 0. The third kappa shape index (κ3) is 2.31. The average Bonchev–Trinajstić information content (AvgIpc) is 2.20. The number of nitrogens with two attached hydrogens (primary N) is 1. The summed E-state index contributed by atoms with van der Waals surface area (Å²) in [6.07, 6.45) is 1.34. The summed E-state index contributed by atoms with van der Waals surface area (Å²) in [5.74, 6) is 1.53. The number of hydrogen-bond acceptors (Lipinski definition) is 2. The first kappa shape index (κ1) is 11.3. The van der Waals surface area contributed by atoms with Gasteiger partial charge in [0.2, 0.25) is 0 Å². The lowest BCUT2D eigenvalue weighted by Crippen LogP contribution is -2.39. The monoisotopic (exact) mass is 218 g/mol. The fraction of sp³-hybridized carbons (Fsp3) is 0.571. The molecule has 0 spiro atoms. The van der Waals surface area contributed by atoms with E-state index < -0.39 is 0 Å². The van der Waals surface area contributed by atoms with Gasteiger partial charge in [-0.2, -0.15) is 0 Å². The van der Waals surface area contributed by atoms with Crippen LogP contribution < -0.4 is 10.6 Å². The molecule has 0 saturated carbocycles. The molecule has 1 heterocycles. The molecule has 88 valence electrons. The Morgan fingerprint density at radius 2 is 1.81 bits per heavy atom. The number of benzene rings is 1. The van der Waals surface area contributed by atoms with Crippen LogP contribution in [-0.4, -0.2) is 13.1 Å². The van der Waals surface area contributed by atoms with Crippen LogP contribution in [-0.2, 0) is 0 Å². The van der Waals surface area contributed by atoms with Gasteiger partial charge in [0.05, 0.1) is 11.4 Å². The number of rotatable bonds is 1. The Bertz CT molecular complexity index is 363. The number of piperidine rings is 1. The molecule has 0 bridgehead atoms. The van der Waals surface area contributed by atoms with E-state index in [2.05, 4.69) is 37.8 Å². The maximum absolute atomic E-state index is 6.07. The van der Waals surface area contributed by atoms with E-state index in [4.69, 9.17) is 5.73 Å². The number of aryl methyl sites for hydroxylation is 1. The number of nitrogen functional groups attached to an aromatic ring is 1. The second-order valence-corrected chi connectivity index (χ2v) is 5.41. The fourth-order valence-corrected chi connectivity index (χ4v) is 2.79. The van der Waals surface area contributed by atoms with Crippen molar-refractivity contribution in [1.29, 1.82) is 0 Å². The second-order valence-electron chi connectivity index (χ2n) is 5.41. The number of hydrogen-bond donors (Lipinski definition) is 1. The molecule has 2 nitrogen and oxygen atoms in total. The first-order valence-corrected chi connectivity index (χ1v) is 6.17. The van der Waals surface area contributed by atoms with E-state index in [1.54, 1.807) is 0 Å². The molecule has 1 aromatic carbocycles. The lowest BCUT2D eigenvalue weighted by Gasteiger charge is -2.37. The van der Waals surface area contributed by atoms with E-state index in [1.807, 2.05) is 6.07 Å². The molecule has 2 atom stereocenters. The van der Waals surface area contributed by atoms with Crippen molar-refractivity contribution in [2.45, 2.75) is 27.2 Å². The maximum Gasteiger partial charge on any atom is 0.0602 e. The molecule has 0 radical (unpaired) electrons. The quantitative estimate of drug-likeness (QED) is 0.734. The Hall–Kier alpha value is -1.18. The van der Waals surface area contributed by atoms with Crippen LogP contribution >= 0.6 is 0 Å². The zero-order valence-corrected chi connectivity index (χ0v) is 10.5. The third-order valence-electron chi connectivity index (χ3n) is 3.40. The van der Waals surface area contributed by atoms with Gasteiger partial charge in [-0.15, -0.1) is 0 Å². The van der Waals surface area contributed by atoms with Crippen molar-refractivity contribution in [2.75, 3.05) is 23.7 Å². The summed E-state index contributed by atoms with van der Waals surface area (Å²) in [5.41, 5.74) is 9.49. The molecule has 16 heavy (non-hydrogen) atoms. The number of anilines is 2. The van der Waals surface area contributed by atoms with Gasteiger partial charge in [-0.1, -0.05) is 19.9 Å². The minimum Gasteiger partial charge on any atom is -0.397 e. The van der Waals surface area contributed by atoms with Crippen LogP contribution in [0, 0.1) is 18.8 Å². The molecular weight excluding hydrogens is 196 g/mol. The van der Waals surface area contributed by atoms with Crippen molar-refractivity contribution in [2.24, 2.45) is 11.8 Å². The normalized spacial score (nSPS) is 25.8. The first-order chi connectivity index (χ1) is 7.56. The Morgan fingerprint density at radius 1 is 1.19 bits per heavy atom. The minimum absolute atomic E-state index is 0.767. The van der Waals surface area contributed by atoms with Gasteiger partial charge in [-0.05, 0) is 42.9 Å². The van der Waals surface area contributed by atoms with Crippen molar-refractivity contribution < 1.29 is 0 Å². The molecule has 2 rings (SSSR count). The summed E-state index contributed by atoms with van der Waals surface area (Å²) in [6, 6.07) is 6.31. The zero-order chi connectivity index (χ0) is 11.7. The van der Waals surface area contributed by atoms with Gasteiger partial charge < -0.3 is 10.6 Å². The van der Waals surface area contributed by atoms with Crippen LogP contribution in [0.2, 0.25) is 0 Å². The van der Waals surface area contributed by atoms with Crippen molar-refractivity contribution in [3.05, 3.63) is 23.8 Å². The molecular formula is C14H22N2. The van der Waals surface area contributed by atoms with Gasteiger partial charge in [0, 0.05) is 13.1 Å². The molecule has 1 saturated heterocycles. The minimum atomic E-state index is 0.767. The summed E-state index contributed by atoms with van der Waals surface area (Å²) in [4.78, 5) is 2.45. The summed E-state index contributed by atoms with van der Waals surface area (Å²) in [5, 5.41) is 0. The maximum atomic E-state index is 6.07. The van der Waals surface area contributed by atoms with Crippen LogP contribution in [0.5, 0.6) is 0 Å². The highest BCUT2D eigenvalue weighted by Gasteiger charge is 2.22. The van der Waals surface area contributed by atoms with Crippen LogP contribution in [0.1, 0.15) is 25.8 Å². The molecule has 1 aliphatic heterocycles. The lowest BCUT2D eigenvalue weighted by atomic mass is 9.91. The molecule has 1 fully saturated rings. The Morgan fingerprint density at radius 3 is 2.44 bits per heavy atom. The Balaban J connectivity index is 2.25. The summed E-state index contributed by atoms with van der Waals surface area (Å²) in [7, 11) is 0. The van der Waals surface area contributed by atoms with E-state index in [0.717, 1.165) is 30.6 Å². The van der Waals surface area contributed by atoms with Crippen LogP contribution in [0.15, 0.2) is 18.2 Å². The standard InChI is InChI=1S/C14H22N2/c1-10-4-5-13(15)14(7-10)16-8-11(2)6-12(3)9-16/h4-5,7,11-12H,6,8-9,15H2,1-3H3. The molecule has 2 heteroatoms. The van der Waals surface area contributed by atoms with Crippen LogP contribution in [0.3, 0.4) is 0 Å². The summed E-state index contributed by atoms with van der Waals surface area (Å²) < 4.78 is 0. The SMILES string of the molecule is Cc1ccc(N)c(N2CC(C)CC(C)C2)c1. The molecule has 0 aromatic heterocycles. The van der Waals surface area contributed by atoms with Crippen molar-refractivity contribution in [3.8, 4) is 0 Å². The predicted molar refractivity (Wildman–Crippen MR) is 70.7 cm³/mol. The molecule has 0 amide bonds. The van der Waals surface area contributed by atoms with Crippen molar-refractivity contribution in [1.82, 2.24) is 0 Å². The average molecular weight is 218 g/mol. The van der Waals surface area contributed by atoms with Gasteiger partial charge in [0.15, 0.2) is 0 Å². The smallest absolute Gasteiger partial charge is 0.0602 e. The second kappa shape index (κ2) is 4.36. The first-order valence-electron chi connectivity index (χ1n) is 6.17. The van der Waals surface area contributed by atoms with Gasteiger partial charge in [-0.3, -0.25) is 0 Å². The predicted octanol–water partition coefficient (Wildman–Crippen LogP) is 3.06. The lowest BCUT2D eigenvalue weighted by molar-refractivity contribution is 0.357. The molecule has 1 aromatic rings. The van der Waals surface area contributed by atoms with Crippen molar-refractivity contribution >= 4 is 11.4 Å². The highest BCUT2D eigenvalue weighted by Crippen LogP contribution is 2.30. The van der Waals surface area contributed by atoms with Gasteiger partial charge in [0.25, 0.3) is 0 Å². The van der Waals surface area contributed by atoms with Crippen molar-refractivity contribution in [3.63, 3.8) is 0 Å². The largest absolute Gasteiger partial charge is 0.397 e. The van der Waals surface area contributed by atoms with Crippen LogP contribution in [0.4, 0.5) is 11.4 Å². The highest BCUT2D eigenvalue weighted by atomic mass is 15.1.